The second kappa shape index (κ2) is 8.50. The molecule has 1 fully saturated rings. The summed E-state index contributed by atoms with van der Waals surface area (Å²) in [5, 5.41) is 0. The molecule has 5 nitrogen and oxygen atoms in total. The lowest BCUT2D eigenvalue weighted by Gasteiger charge is -2.28. The molecule has 3 aromatic rings. The summed E-state index contributed by atoms with van der Waals surface area (Å²) in [5.41, 5.74) is 2.97. The summed E-state index contributed by atoms with van der Waals surface area (Å²) in [6.07, 6.45) is 3.69. The Hall–Kier alpha value is -2.82. The van der Waals surface area contributed by atoms with Gasteiger partial charge in [-0.3, -0.25) is 4.90 Å². The fourth-order valence-electron chi connectivity index (χ4n) is 4.24. The van der Waals surface area contributed by atoms with Gasteiger partial charge in [-0.1, -0.05) is 42.5 Å². The molecular formula is C25H31N3O2. The maximum absolute atomic E-state index is 12.8. The summed E-state index contributed by atoms with van der Waals surface area (Å²) in [4.78, 5) is 19.7. The van der Waals surface area contributed by atoms with Gasteiger partial charge in [0.25, 0.3) is 0 Å². The van der Waals surface area contributed by atoms with Gasteiger partial charge < -0.3 is 9.30 Å². The molecule has 30 heavy (non-hydrogen) atoms. The summed E-state index contributed by atoms with van der Waals surface area (Å²) in [7, 11) is 0. The van der Waals surface area contributed by atoms with Crippen LogP contribution in [0.3, 0.4) is 0 Å². The minimum atomic E-state index is -0.500. The van der Waals surface area contributed by atoms with Crippen LogP contribution in [0.1, 0.15) is 57.5 Å². The molecule has 0 bridgehead atoms. The number of likely N-dealkylation sites (tertiary alicyclic amines) is 1. The minimum absolute atomic E-state index is 0.0380. The van der Waals surface area contributed by atoms with Crippen molar-refractivity contribution in [3.05, 3.63) is 66.0 Å². The van der Waals surface area contributed by atoms with Gasteiger partial charge in [0.1, 0.15) is 11.4 Å². The Bertz CT molecular complexity index is 1000. The third-order valence-electron chi connectivity index (χ3n) is 5.55. The highest BCUT2D eigenvalue weighted by atomic mass is 16.6. The number of hydrogen-bond donors (Lipinski definition) is 0. The average molecular weight is 406 g/mol. The Morgan fingerprint density at radius 2 is 1.83 bits per heavy atom. The number of amides is 1. The fourth-order valence-corrected chi connectivity index (χ4v) is 4.24. The van der Waals surface area contributed by atoms with Gasteiger partial charge >= 0.3 is 6.09 Å². The topological polar surface area (TPSA) is 47.4 Å². The molecule has 1 aromatic heterocycles. The Kier molecular flexibility index (Phi) is 5.80. The lowest BCUT2D eigenvalue weighted by Crippen LogP contribution is -2.37. The molecular weight excluding hydrogens is 374 g/mol. The van der Waals surface area contributed by atoms with Crippen LogP contribution in [0, 0.1) is 0 Å². The highest BCUT2D eigenvalue weighted by Crippen LogP contribution is 2.34. The molecule has 0 aliphatic carbocycles. The Morgan fingerprint density at radius 3 is 2.60 bits per heavy atom. The highest BCUT2D eigenvalue weighted by Gasteiger charge is 2.36. The van der Waals surface area contributed by atoms with E-state index in [1.807, 2.05) is 31.7 Å². The van der Waals surface area contributed by atoms with Crippen LogP contribution in [0.2, 0.25) is 0 Å². The highest BCUT2D eigenvalue weighted by molar-refractivity contribution is 5.76. The largest absolute Gasteiger partial charge is 0.444 e. The summed E-state index contributed by atoms with van der Waals surface area (Å²) >= 11 is 0. The number of benzene rings is 2. The fraction of sp³-hybridized carbons (Fsp3) is 0.440. The van der Waals surface area contributed by atoms with Crippen LogP contribution in [-0.2, 0) is 17.7 Å². The predicted octanol–water partition coefficient (Wildman–Crippen LogP) is 5.74. The van der Waals surface area contributed by atoms with Crippen molar-refractivity contribution in [1.82, 2.24) is 14.5 Å². The quantitative estimate of drug-likeness (QED) is 0.544. The van der Waals surface area contributed by atoms with E-state index in [2.05, 4.69) is 53.1 Å². The molecule has 1 aliphatic heterocycles. The minimum Gasteiger partial charge on any atom is -0.444 e. The van der Waals surface area contributed by atoms with Crippen molar-refractivity contribution in [3.8, 4) is 0 Å². The molecule has 158 valence electrons. The van der Waals surface area contributed by atoms with Gasteiger partial charge in [-0.25, -0.2) is 9.78 Å². The van der Waals surface area contributed by atoms with E-state index in [0.717, 1.165) is 49.1 Å². The zero-order valence-electron chi connectivity index (χ0n) is 18.2. The predicted molar refractivity (Wildman–Crippen MR) is 119 cm³/mol. The number of aryl methyl sites for hydroxylation is 2. The van der Waals surface area contributed by atoms with Crippen molar-refractivity contribution in [1.29, 1.82) is 0 Å². The van der Waals surface area contributed by atoms with Gasteiger partial charge in [-0.2, -0.15) is 0 Å². The number of rotatable bonds is 5. The number of carbonyl (C=O) groups is 1. The summed E-state index contributed by atoms with van der Waals surface area (Å²) in [5.74, 6) is 0.979. The van der Waals surface area contributed by atoms with Crippen LogP contribution in [-0.4, -0.2) is 32.7 Å². The number of fused-ring (bicyclic) bond motifs is 1. The number of nitrogens with zero attached hydrogens (tertiary/aromatic N) is 3. The van der Waals surface area contributed by atoms with E-state index in [4.69, 9.17) is 9.72 Å². The molecule has 1 aliphatic rings. The van der Waals surface area contributed by atoms with Crippen molar-refractivity contribution in [2.75, 3.05) is 6.54 Å². The van der Waals surface area contributed by atoms with Crippen molar-refractivity contribution in [3.63, 3.8) is 0 Å². The van der Waals surface area contributed by atoms with E-state index in [1.54, 1.807) is 0 Å². The van der Waals surface area contributed by atoms with Gasteiger partial charge in [0, 0.05) is 13.1 Å². The zero-order valence-corrected chi connectivity index (χ0v) is 18.2. The van der Waals surface area contributed by atoms with E-state index < -0.39 is 5.60 Å². The summed E-state index contributed by atoms with van der Waals surface area (Å²) in [6.45, 7) is 7.33. The first kappa shape index (κ1) is 20.5. The van der Waals surface area contributed by atoms with Crippen LogP contribution in [0.5, 0.6) is 0 Å². The molecule has 0 N–H and O–H groups in total. The average Bonchev–Trinajstić information content (AvgIpc) is 3.32. The molecule has 2 heterocycles. The lowest BCUT2D eigenvalue weighted by molar-refractivity contribution is 0.0216. The van der Waals surface area contributed by atoms with Gasteiger partial charge in [0.2, 0.25) is 0 Å². The smallest absolute Gasteiger partial charge is 0.410 e. The number of hydrogen-bond acceptors (Lipinski definition) is 3. The molecule has 0 spiro atoms. The Morgan fingerprint density at radius 1 is 1.10 bits per heavy atom. The lowest BCUT2D eigenvalue weighted by atomic mass is 10.1. The third kappa shape index (κ3) is 4.50. The maximum atomic E-state index is 12.8. The van der Waals surface area contributed by atoms with Gasteiger partial charge in [-0.15, -0.1) is 0 Å². The van der Waals surface area contributed by atoms with E-state index in [1.165, 1.54) is 5.56 Å². The maximum Gasteiger partial charge on any atom is 0.410 e. The Balaban J connectivity index is 1.60. The van der Waals surface area contributed by atoms with Crippen LogP contribution in [0.15, 0.2) is 54.6 Å². The second-order valence-electron chi connectivity index (χ2n) is 9.03. The number of imidazole rings is 1. The van der Waals surface area contributed by atoms with E-state index in [9.17, 15) is 4.79 Å². The van der Waals surface area contributed by atoms with Crippen LogP contribution >= 0.6 is 0 Å². The normalized spacial score (nSPS) is 16.9. The van der Waals surface area contributed by atoms with Gasteiger partial charge in [0.15, 0.2) is 0 Å². The number of ether oxygens (including phenoxy) is 1. The summed E-state index contributed by atoms with van der Waals surface area (Å²) in [6, 6.07) is 18.8. The SMILES string of the molecule is CC(C)(C)OC(=O)N1CCCC1c1nc2ccccc2n1CCCc1ccccc1. The van der Waals surface area contributed by atoms with Crippen molar-refractivity contribution in [2.45, 2.75) is 64.6 Å². The van der Waals surface area contributed by atoms with Gasteiger partial charge in [-0.05, 0) is 64.2 Å². The van der Waals surface area contributed by atoms with E-state index >= 15 is 0 Å². The first-order chi connectivity index (χ1) is 14.4. The van der Waals surface area contributed by atoms with Crippen molar-refractivity contribution < 1.29 is 9.53 Å². The van der Waals surface area contributed by atoms with Crippen LogP contribution < -0.4 is 0 Å². The standard InChI is InChI=1S/C25H31N3O2/c1-25(2,3)30-24(29)28-18-10-16-22(28)23-26-20-14-7-8-15-21(20)27(23)17-9-13-19-11-5-4-6-12-19/h4-8,11-12,14-15,22H,9-10,13,16-18H2,1-3H3. The second-order valence-corrected chi connectivity index (χ2v) is 9.03. The van der Waals surface area contributed by atoms with Crippen LogP contribution in [0.4, 0.5) is 4.79 Å². The monoisotopic (exact) mass is 405 g/mol. The molecule has 4 rings (SSSR count). The molecule has 0 radical (unpaired) electrons. The first-order valence-corrected chi connectivity index (χ1v) is 10.9. The molecule has 5 heteroatoms. The molecule has 1 saturated heterocycles. The molecule has 1 atom stereocenters. The molecule has 1 amide bonds. The molecule has 0 saturated carbocycles. The van der Waals surface area contributed by atoms with Crippen LogP contribution in [0.25, 0.3) is 11.0 Å². The molecule has 1 unspecified atom stereocenters. The molecule has 2 aromatic carbocycles. The third-order valence-corrected chi connectivity index (χ3v) is 5.55. The summed E-state index contributed by atoms with van der Waals surface area (Å²) < 4.78 is 7.99. The van der Waals surface area contributed by atoms with Crippen molar-refractivity contribution >= 4 is 17.1 Å². The number of aromatic nitrogens is 2. The van der Waals surface area contributed by atoms with E-state index in [-0.39, 0.29) is 12.1 Å². The Labute approximate surface area is 178 Å². The number of carbonyl (C=O) groups excluding carboxylic acids is 1. The number of para-hydroxylation sites is 2. The zero-order chi connectivity index (χ0) is 21.1. The first-order valence-electron chi connectivity index (χ1n) is 10.9. The van der Waals surface area contributed by atoms with Crippen molar-refractivity contribution in [2.24, 2.45) is 0 Å². The van der Waals surface area contributed by atoms with E-state index in [0.29, 0.717) is 6.54 Å². The van der Waals surface area contributed by atoms with Gasteiger partial charge in [0.05, 0.1) is 17.1 Å².